The van der Waals surface area contributed by atoms with Crippen LogP contribution in [-0.2, 0) is 4.74 Å². The highest BCUT2D eigenvalue weighted by Gasteiger charge is 1.87. The number of aliphatic hydroxyl groups excluding tert-OH is 1. The first kappa shape index (κ1) is 7.97. The molecule has 0 rings (SSSR count). The molecule has 1 amide bonds. The van der Waals surface area contributed by atoms with Crippen LogP contribution in [0.4, 0.5) is 4.79 Å². The number of ether oxygens (including phenoxy) is 1. The van der Waals surface area contributed by atoms with E-state index in [9.17, 15) is 4.79 Å². The summed E-state index contributed by atoms with van der Waals surface area (Å²) in [5.74, 6) is 0. The summed E-state index contributed by atoms with van der Waals surface area (Å²) in [4.78, 5) is 9.85. The van der Waals surface area contributed by atoms with Gasteiger partial charge in [-0.2, -0.15) is 0 Å². The lowest BCUT2D eigenvalue weighted by molar-refractivity contribution is 0.193. The molecule has 52 valence electrons. The number of primary amides is 1. The summed E-state index contributed by atoms with van der Waals surface area (Å²) in [6.07, 6.45) is 0.842. The Bertz CT molecular complexity index is 119. The summed E-state index contributed by atoms with van der Waals surface area (Å²) in [5.41, 5.74) is 4.58. The maximum Gasteiger partial charge on any atom is 0.409 e. The van der Waals surface area contributed by atoms with Crippen molar-refractivity contribution in [3.8, 4) is 0 Å². The molecular weight excluding hydrogens is 122 g/mol. The lowest BCUT2D eigenvalue weighted by Crippen LogP contribution is -2.09. The van der Waals surface area contributed by atoms with Crippen LogP contribution in [0.3, 0.4) is 0 Å². The first-order valence-corrected chi connectivity index (χ1v) is 2.43. The highest BCUT2D eigenvalue weighted by atomic mass is 16.5. The molecule has 0 aliphatic carbocycles. The molecule has 1 atom stereocenters. The Kier molecular flexibility index (Phi) is 3.46. The van der Waals surface area contributed by atoms with Gasteiger partial charge in [-0.25, -0.2) is 4.79 Å². The number of carbonyl (C=O) groups excluding carboxylic acids is 1. The van der Waals surface area contributed by atoms with Crippen molar-refractivity contribution in [3.63, 3.8) is 0 Å². The number of hydrogen-bond acceptors (Lipinski definition) is 3. The number of amides is 1. The molecule has 0 saturated carbocycles. The normalized spacial score (nSPS) is 13.6. The van der Waals surface area contributed by atoms with E-state index in [0.29, 0.717) is 0 Å². The van der Waals surface area contributed by atoms with E-state index in [1.807, 2.05) is 0 Å². The van der Waals surface area contributed by atoms with Crippen molar-refractivity contribution in [2.45, 2.75) is 13.0 Å². The Hall–Kier alpha value is -1.03. The third-order valence-corrected chi connectivity index (χ3v) is 0.541. The average molecular weight is 131 g/mol. The van der Waals surface area contributed by atoms with Crippen LogP contribution < -0.4 is 5.73 Å². The molecular formula is C5H9NO3. The second-order valence-electron chi connectivity index (χ2n) is 1.51. The number of carbonyl (C=O) groups is 1. The van der Waals surface area contributed by atoms with Crippen LogP contribution in [-0.4, -0.2) is 17.3 Å². The summed E-state index contributed by atoms with van der Waals surface area (Å²) < 4.78 is 4.15. The van der Waals surface area contributed by atoms with E-state index < -0.39 is 12.2 Å². The van der Waals surface area contributed by atoms with Gasteiger partial charge in [0, 0.05) is 0 Å². The summed E-state index contributed by atoms with van der Waals surface area (Å²) >= 11 is 0. The van der Waals surface area contributed by atoms with E-state index in [1.54, 1.807) is 0 Å². The molecule has 4 nitrogen and oxygen atoms in total. The zero-order valence-electron chi connectivity index (χ0n) is 5.07. The number of nitrogens with two attached hydrogens (primary N) is 1. The topological polar surface area (TPSA) is 72.6 Å². The van der Waals surface area contributed by atoms with Crippen LogP contribution in [0, 0.1) is 0 Å². The van der Waals surface area contributed by atoms with Gasteiger partial charge < -0.3 is 15.6 Å². The van der Waals surface area contributed by atoms with Crippen molar-refractivity contribution in [2.75, 3.05) is 0 Å². The zero-order valence-corrected chi connectivity index (χ0v) is 5.07. The van der Waals surface area contributed by atoms with Gasteiger partial charge in [-0.05, 0) is 13.0 Å². The molecule has 0 radical (unpaired) electrons. The van der Waals surface area contributed by atoms with E-state index in [2.05, 4.69) is 10.5 Å². The molecule has 0 aromatic rings. The van der Waals surface area contributed by atoms with Crippen LogP contribution in [0.2, 0.25) is 0 Å². The molecule has 0 heterocycles. The minimum absolute atomic E-state index is 0.621. The van der Waals surface area contributed by atoms with Crippen LogP contribution in [0.5, 0.6) is 0 Å². The van der Waals surface area contributed by atoms with Crippen molar-refractivity contribution in [1.29, 1.82) is 0 Å². The first-order chi connectivity index (χ1) is 4.13. The second kappa shape index (κ2) is 3.91. The van der Waals surface area contributed by atoms with Gasteiger partial charge in [0.1, 0.15) is 0 Å². The van der Waals surface area contributed by atoms with Crippen molar-refractivity contribution in [3.05, 3.63) is 12.3 Å². The van der Waals surface area contributed by atoms with E-state index in [0.717, 1.165) is 6.26 Å². The Morgan fingerprint density at radius 1 is 1.89 bits per heavy atom. The summed E-state index contributed by atoms with van der Waals surface area (Å²) in [5, 5.41) is 8.55. The maximum absolute atomic E-state index is 9.85. The highest BCUT2D eigenvalue weighted by molar-refractivity contribution is 5.65. The van der Waals surface area contributed by atoms with E-state index in [4.69, 9.17) is 5.11 Å². The standard InChI is InChI=1S/C5H9NO3/c1-4(7)2-3-9-5(6)8/h2-4,7H,1H3,(H2,6,8). The van der Waals surface area contributed by atoms with E-state index >= 15 is 0 Å². The molecule has 0 spiro atoms. The predicted molar refractivity (Wildman–Crippen MR) is 31.5 cm³/mol. The largest absolute Gasteiger partial charge is 0.419 e. The van der Waals surface area contributed by atoms with Gasteiger partial charge in [-0.1, -0.05) is 0 Å². The third kappa shape index (κ3) is 6.97. The third-order valence-electron chi connectivity index (χ3n) is 0.541. The number of rotatable bonds is 2. The van der Waals surface area contributed by atoms with E-state index in [1.165, 1.54) is 13.0 Å². The average Bonchev–Trinajstić information content (AvgIpc) is 1.63. The summed E-state index contributed by atoms with van der Waals surface area (Å²) in [7, 11) is 0. The van der Waals surface area contributed by atoms with Gasteiger partial charge >= 0.3 is 6.09 Å². The maximum atomic E-state index is 9.85. The molecule has 0 aromatic carbocycles. The van der Waals surface area contributed by atoms with Gasteiger partial charge in [-0.15, -0.1) is 0 Å². The fourth-order valence-corrected chi connectivity index (χ4v) is 0.220. The number of aliphatic hydroxyl groups is 1. The summed E-state index contributed by atoms with van der Waals surface area (Å²) in [6, 6.07) is 0. The van der Waals surface area contributed by atoms with Crippen LogP contribution in [0.15, 0.2) is 12.3 Å². The Balaban J connectivity index is 3.36. The SMILES string of the molecule is CC(O)C=COC(N)=O. The Morgan fingerprint density at radius 3 is 2.78 bits per heavy atom. The minimum Gasteiger partial charge on any atom is -0.419 e. The molecule has 0 saturated heterocycles. The van der Waals surface area contributed by atoms with Gasteiger partial charge in [0.2, 0.25) is 0 Å². The molecule has 1 unspecified atom stereocenters. The van der Waals surface area contributed by atoms with E-state index in [-0.39, 0.29) is 0 Å². The lowest BCUT2D eigenvalue weighted by Gasteiger charge is -1.92. The lowest BCUT2D eigenvalue weighted by atomic mass is 10.4. The first-order valence-electron chi connectivity index (χ1n) is 2.43. The zero-order chi connectivity index (χ0) is 7.28. The fourth-order valence-electron chi connectivity index (χ4n) is 0.220. The quantitative estimate of drug-likeness (QED) is 0.517. The minimum atomic E-state index is -0.882. The molecule has 3 N–H and O–H groups in total. The van der Waals surface area contributed by atoms with Crippen molar-refractivity contribution in [1.82, 2.24) is 0 Å². The fraction of sp³-hybridized carbons (Fsp3) is 0.400. The molecule has 0 aliphatic heterocycles. The van der Waals surface area contributed by atoms with Crippen molar-refractivity contribution in [2.24, 2.45) is 5.73 Å². The Morgan fingerprint density at radius 2 is 2.44 bits per heavy atom. The molecule has 0 bridgehead atoms. The van der Waals surface area contributed by atoms with Gasteiger partial charge in [-0.3, -0.25) is 0 Å². The van der Waals surface area contributed by atoms with Crippen molar-refractivity contribution >= 4 is 6.09 Å². The molecule has 4 heteroatoms. The van der Waals surface area contributed by atoms with Crippen LogP contribution in [0.25, 0.3) is 0 Å². The predicted octanol–water partition coefficient (Wildman–Crippen LogP) is -0.0238. The van der Waals surface area contributed by atoms with Gasteiger partial charge in [0.25, 0.3) is 0 Å². The smallest absolute Gasteiger partial charge is 0.409 e. The van der Waals surface area contributed by atoms with Gasteiger partial charge in [0.15, 0.2) is 0 Å². The Labute approximate surface area is 52.9 Å². The van der Waals surface area contributed by atoms with Crippen LogP contribution in [0.1, 0.15) is 6.92 Å². The van der Waals surface area contributed by atoms with Crippen molar-refractivity contribution < 1.29 is 14.6 Å². The molecule has 0 fully saturated rings. The van der Waals surface area contributed by atoms with Crippen LogP contribution >= 0.6 is 0 Å². The monoisotopic (exact) mass is 131 g/mol. The summed E-state index contributed by atoms with van der Waals surface area (Å²) in [6.45, 7) is 1.53. The second-order valence-corrected chi connectivity index (χ2v) is 1.51. The molecule has 9 heavy (non-hydrogen) atoms. The molecule has 0 aromatic heterocycles. The highest BCUT2D eigenvalue weighted by Crippen LogP contribution is 1.83. The number of hydrogen-bond donors (Lipinski definition) is 2. The molecule has 0 aliphatic rings. The van der Waals surface area contributed by atoms with Gasteiger partial charge in [0.05, 0.1) is 12.4 Å².